The van der Waals surface area contributed by atoms with Crippen LogP contribution in [0.4, 0.5) is 0 Å². The largest absolute Gasteiger partial charge is 0.480 e. The summed E-state index contributed by atoms with van der Waals surface area (Å²) in [6.07, 6.45) is 5.41. The average Bonchev–Trinajstić information content (AvgIpc) is 2.70. The zero-order valence-electron chi connectivity index (χ0n) is 12.4. The first-order valence-corrected chi connectivity index (χ1v) is 7.62. The number of amides is 1. The van der Waals surface area contributed by atoms with E-state index < -0.39 is 16.9 Å². The molecule has 5 heteroatoms. The summed E-state index contributed by atoms with van der Waals surface area (Å²) in [5, 5.41) is 12.5. The molecule has 2 saturated carbocycles. The number of carboxylic acids is 1. The lowest BCUT2D eigenvalue weighted by molar-refractivity contribution is -0.152. The van der Waals surface area contributed by atoms with Gasteiger partial charge in [-0.1, -0.05) is 26.2 Å². The minimum atomic E-state index is -1.10. The van der Waals surface area contributed by atoms with Gasteiger partial charge in [-0.3, -0.25) is 4.79 Å². The first kappa shape index (κ1) is 15.3. The van der Waals surface area contributed by atoms with E-state index in [2.05, 4.69) is 5.32 Å². The molecule has 1 amide bonds. The summed E-state index contributed by atoms with van der Waals surface area (Å²) in [5.74, 6) is -0.767. The molecule has 0 aromatic carbocycles. The van der Waals surface area contributed by atoms with Gasteiger partial charge in [0.15, 0.2) is 0 Å². The normalized spacial score (nSPS) is 41.4. The van der Waals surface area contributed by atoms with Crippen LogP contribution in [0.2, 0.25) is 0 Å². The summed E-state index contributed by atoms with van der Waals surface area (Å²) in [4.78, 5) is 24.3. The first-order chi connectivity index (χ1) is 9.30. The van der Waals surface area contributed by atoms with Crippen molar-refractivity contribution in [2.24, 2.45) is 17.1 Å². The molecule has 4 atom stereocenters. The van der Waals surface area contributed by atoms with Gasteiger partial charge in [0.1, 0.15) is 5.54 Å². The van der Waals surface area contributed by atoms with E-state index in [9.17, 15) is 14.7 Å². The number of carbonyl (C=O) groups is 2. The number of nitrogens with one attached hydrogen (secondary N) is 1. The quantitative estimate of drug-likeness (QED) is 0.734. The fourth-order valence-corrected chi connectivity index (χ4v) is 3.75. The lowest BCUT2D eigenvalue weighted by Gasteiger charge is -2.40. The molecule has 4 N–H and O–H groups in total. The molecule has 2 aliphatic carbocycles. The van der Waals surface area contributed by atoms with Gasteiger partial charge in [-0.05, 0) is 38.5 Å². The Morgan fingerprint density at radius 1 is 1.25 bits per heavy atom. The van der Waals surface area contributed by atoms with Gasteiger partial charge in [-0.2, -0.15) is 0 Å². The molecular formula is C15H26N2O3. The second kappa shape index (κ2) is 5.35. The zero-order chi connectivity index (χ0) is 15.0. The van der Waals surface area contributed by atoms with Gasteiger partial charge in [0.05, 0.1) is 5.41 Å². The Bertz CT molecular complexity index is 412. The van der Waals surface area contributed by atoms with E-state index in [0.717, 1.165) is 32.1 Å². The van der Waals surface area contributed by atoms with Gasteiger partial charge in [0.2, 0.25) is 5.91 Å². The van der Waals surface area contributed by atoms with E-state index in [-0.39, 0.29) is 11.9 Å². The van der Waals surface area contributed by atoms with E-state index in [1.165, 1.54) is 0 Å². The van der Waals surface area contributed by atoms with E-state index >= 15 is 0 Å². The average molecular weight is 282 g/mol. The molecule has 0 spiro atoms. The predicted molar refractivity (Wildman–Crippen MR) is 76.1 cm³/mol. The first-order valence-electron chi connectivity index (χ1n) is 7.62. The van der Waals surface area contributed by atoms with Crippen molar-refractivity contribution < 1.29 is 14.7 Å². The van der Waals surface area contributed by atoms with Crippen molar-refractivity contribution in [1.82, 2.24) is 5.32 Å². The summed E-state index contributed by atoms with van der Waals surface area (Å²) in [7, 11) is 0. The van der Waals surface area contributed by atoms with Crippen molar-refractivity contribution in [2.75, 3.05) is 0 Å². The summed E-state index contributed by atoms with van der Waals surface area (Å²) in [6.45, 7) is 3.91. The van der Waals surface area contributed by atoms with E-state index in [0.29, 0.717) is 18.8 Å². The molecule has 4 unspecified atom stereocenters. The van der Waals surface area contributed by atoms with Crippen molar-refractivity contribution in [1.29, 1.82) is 0 Å². The highest BCUT2D eigenvalue weighted by atomic mass is 16.4. The standard InChI is InChI=1S/C15H26N2O3/c1-10-5-3-8-15(9-10,13(19)20)17-12(18)14(2)7-4-6-11(14)16/h10-11H,3-9,16H2,1-2H3,(H,17,18)(H,19,20). The molecule has 5 nitrogen and oxygen atoms in total. The Morgan fingerprint density at radius 3 is 2.40 bits per heavy atom. The SMILES string of the molecule is CC1CCCC(NC(=O)C2(C)CCCC2N)(C(=O)O)C1. The van der Waals surface area contributed by atoms with Crippen LogP contribution in [0.5, 0.6) is 0 Å². The van der Waals surface area contributed by atoms with Gasteiger partial charge >= 0.3 is 5.97 Å². The molecule has 0 aliphatic heterocycles. The van der Waals surface area contributed by atoms with E-state index in [1.54, 1.807) is 0 Å². The Hall–Kier alpha value is -1.10. The monoisotopic (exact) mass is 282 g/mol. The van der Waals surface area contributed by atoms with Gasteiger partial charge < -0.3 is 16.2 Å². The van der Waals surface area contributed by atoms with Crippen LogP contribution < -0.4 is 11.1 Å². The second-order valence-electron chi connectivity index (χ2n) is 6.96. The number of hydrogen-bond acceptors (Lipinski definition) is 3. The highest BCUT2D eigenvalue weighted by Crippen LogP contribution is 2.39. The number of rotatable bonds is 3. The third-order valence-corrected chi connectivity index (χ3v) is 5.31. The Balaban J connectivity index is 2.16. The van der Waals surface area contributed by atoms with Crippen LogP contribution in [-0.2, 0) is 9.59 Å². The Labute approximate surface area is 120 Å². The van der Waals surface area contributed by atoms with Crippen molar-refractivity contribution in [3.05, 3.63) is 0 Å². The van der Waals surface area contributed by atoms with Crippen molar-refractivity contribution in [3.8, 4) is 0 Å². The maximum absolute atomic E-state index is 12.6. The fraction of sp³-hybridized carbons (Fsp3) is 0.867. The Morgan fingerprint density at radius 2 is 1.90 bits per heavy atom. The maximum atomic E-state index is 12.6. The highest BCUT2D eigenvalue weighted by molar-refractivity contribution is 5.90. The van der Waals surface area contributed by atoms with E-state index in [1.807, 2.05) is 13.8 Å². The summed E-state index contributed by atoms with van der Waals surface area (Å²) in [5.41, 5.74) is 4.34. The van der Waals surface area contributed by atoms with Crippen LogP contribution in [0.1, 0.15) is 58.8 Å². The molecule has 2 rings (SSSR count). The third-order valence-electron chi connectivity index (χ3n) is 5.31. The minimum absolute atomic E-state index is 0.172. The highest BCUT2D eigenvalue weighted by Gasteiger charge is 2.49. The van der Waals surface area contributed by atoms with Crippen molar-refractivity contribution in [3.63, 3.8) is 0 Å². The number of hydrogen-bond donors (Lipinski definition) is 3. The van der Waals surface area contributed by atoms with Crippen LogP contribution in [0.25, 0.3) is 0 Å². The molecule has 0 aromatic rings. The topological polar surface area (TPSA) is 92.4 Å². The van der Waals surface area contributed by atoms with Gasteiger partial charge in [-0.15, -0.1) is 0 Å². The number of carboxylic acid groups (broad SMARTS) is 1. The van der Waals surface area contributed by atoms with Crippen LogP contribution in [0, 0.1) is 11.3 Å². The second-order valence-corrected chi connectivity index (χ2v) is 6.96. The lowest BCUT2D eigenvalue weighted by atomic mass is 9.75. The molecule has 0 saturated heterocycles. The molecule has 114 valence electrons. The molecule has 2 aliphatic rings. The molecule has 20 heavy (non-hydrogen) atoms. The predicted octanol–water partition coefficient (Wildman–Crippen LogP) is 1.65. The molecule has 0 bridgehead atoms. The van der Waals surface area contributed by atoms with E-state index in [4.69, 9.17) is 5.73 Å². The summed E-state index contributed by atoms with van der Waals surface area (Å²) in [6, 6.07) is -0.172. The van der Waals surface area contributed by atoms with Crippen molar-refractivity contribution in [2.45, 2.75) is 70.4 Å². The van der Waals surface area contributed by atoms with Gasteiger partial charge in [0, 0.05) is 6.04 Å². The summed E-state index contributed by atoms with van der Waals surface area (Å²) >= 11 is 0. The van der Waals surface area contributed by atoms with Gasteiger partial charge in [-0.25, -0.2) is 4.79 Å². The van der Waals surface area contributed by atoms with Crippen LogP contribution in [0.3, 0.4) is 0 Å². The Kier molecular flexibility index (Phi) is 4.09. The van der Waals surface area contributed by atoms with Crippen molar-refractivity contribution >= 4 is 11.9 Å². The number of nitrogens with two attached hydrogens (primary N) is 1. The molecule has 2 fully saturated rings. The maximum Gasteiger partial charge on any atom is 0.329 e. The molecule has 0 radical (unpaired) electrons. The molecular weight excluding hydrogens is 256 g/mol. The van der Waals surface area contributed by atoms with Crippen LogP contribution >= 0.6 is 0 Å². The minimum Gasteiger partial charge on any atom is -0.480 e. The molecule has 0 heterocycles. The fourth-order valence-electron chi connectivity index (χ4n) is 3.75. The molecule has 0 aromatic heterocycles. The van der Waals surface area contributed by atoms with Crippen LogP contribution in [-0.4, -0.2) is 28.6 Å². The smallest absolute Gasteiger partial charge is 0.329 e. The zero-order valence-corrected chi connectivity index (χ0v) is 12.4. The summed E-state index contributed by atoms with van der Waals surface area (Å²) < 4.78 is 0. The van der Waals surface area contributed by atoms with Gasteiger partial charge in [0.25, 0.3) is 0 Å². The van der Waals surface area contributed by atoms with Crippen LogP contribution in [0.15, 0.2) is 0 Å². The number of aliphatic carboxylic acids is 1. The lowest BCUT2D eigenvalue weighted by Crippen LogP contribution is -2.61. The number of carbonyl (C=O) groups excluding carboxylic acids is 1. The third kappa shape index (κ3) is 2.55.